The Morgan fingerprint density at radius 1 is 1.24 bits per heavy atom. The van der Waals surface area contributed by atoms with Crippen molar-refractivity contribution in [3.8, 4) is 17.2 Å². The lowest BCUT2D eigenvalue weighted by Gasteiger charge is -2.18. The van der Waals surface area contributed by atoms with Gasteiger partial charge in [-0.15, -0.1) is 12.4 Å². The van der Waals surface area contributed by atoms with Gasteiger partial charge in [-0.3, -0.25) is 4.79 Å². The molecule has 0 saturated carbocycles. The highest BCUT2D eigenvalue weighted by atomic mass is 35.5. The molecular formula is C16H25ClF2N2O4. The van der Waals surface area contributed by atoms with Crippen LogP contribution in [0, 0.1) is 0 Å². The molecule has 0 spiro atoms. The molecule has 0 bridgehead atoms. The van der Waals surface area contributed by atoms with Gasteiger partial charge in [0.15, 0.2) is 11.5 Å². The number of methoxy groups -OCH3 is 2. The van der Waals surface area contributed by atoms with Gasteiger partial charge in [-0.2, -0.15) is 8.78 Å². The maximum absolute atomic E-state index is 12.5. The van der Waals surface area contributed by atoms with Crippen LogP contribution in [0.1, 0.15) is 36.5 Å². The molecule has 0 heterocycles. The number of carbonyl (C=O) groups is 1. The lowest BCUT2D eigenvalue weighted by atomic mass is 10.1. The normalized spacial score (nSPS) is 11.5. The number of carbonyl (C=O) groups excluding carboxylic acids is 1. The van der Waals surface area contributed by atoms with Crippen LogP contribution >= 0.6 is 12.4 Å². The Kier molecular flexibility index (Phi) is 10.9. The number of hydrogen-bond acceptors (Lipinski definition) is 5. The first-order valence-corrected chi connectivity index (χ1v) is 7.68. The van der Waals surface area contributed by atoms with E-state index in [4.69, 9.17) is 15.2 Å². The molecule has 3 N–H and O–H groups in total. The molecule has 0 fully saturated rings. The molecular weight excluding hydrogens is 358 g/mol. The molecule has 1 aromatic rings. The minimum absolute atomic E-state index is 0. The third kappa shape index (κ3) is 6.91. The Balaban J connectivity index is 0.00000576. The Morgan fingerprint density at radius 3 is 2.20 bits per heavy atom. The van der Waals surface area contributed by atoms with Crippen LogP contribution in [0.5, 0.6) is 17.2 Å². The van der Waals surface area contributed by atoms with E-state index in [2.05, 4.69) is 10.1 Å². The molecule has 0 aliphatic rings. The Hall–Kier alpha value is -1.80. The zero-order valence-electron chi connectivity index (χ0n) is 14.5. The molecule has 6 nitrogen and oxygen atoms in total. The second-order valence-electron chi connectivity index (χ2n) is 5.14. The monoisotopic (exact) mass is 382 g/mol. The van der Waals surface area contributed by atoms with Crippen LogP contribution in [0.4, 0.5) is 8.78 Å². The summed E-state index contributed by atoms with van der Waals surface area (Å²) in [5, 5.41) is 2.82. The number of halogens is 3. The topological polar surface area (TPSA) is 82.8 Å². The van der Waals surface area contributed by atoms with Gasteiger partial charge in [0.2, 0.25) is 5.75 Å². The predicted molar refractivity (Wildman–Crippen MR) is 93.3 cm³/mol. The Morgan fingerprint density at radius 2 is 1.80 bits per heavy atom. The van der Waals surface area contributed by atoms with Crippen molar-refractivity contribution in [3.63, 3.8) is 0 Å². The number of unbranched alkanes of at least 4 members (excludes halogenated alkanes) is 1. The van der Waals surface area contributed by atoms with E-state index in [9.17, 15) is 13.6 Å². The number of alkyl halides is 2. The van der Waals surface area contributed by atoms with Crippen molar-refractivity contribution >= 4 is 18.3 Å². The van der Waals surface area contributed by atoms with E-state index in [1.165, 1.54) is 26.4 Å². The first-order valence-electron chi connectivity index (χ1n) is 7.68. The molecule has 1 rings (SSSR count). The summed E-state index contributed by atoms with van der Waals surface area (Å²) in [6.45, 7) is -0.678. The standard InChI is InChI=1S/C16H24F2N2O4.ClH/c1-4-5-6-11(9-19)20-15(21)10-7-12(22-2)14(24-16(17)18)13(8-10)23-3;/h7-8,11,16H,4-6,9,19H2,1-3H3,(H,20,21);1H. The number of nitrogens with two attached hydrogens (primary N) is 1. The van der Waals surface area contributed by atoms with Gasteiger partial charge >= 0.3 is 6.61 Å². The minimum Gasteiger partial charge on any atom is -0.493 e. The average molecular weight is 383 g/mol. The second kappa shape index (κ2) is 11.7. The number of benzene rings is 1. The van der Waals surface area contributed by atoms with Crippen molar-refractivity contribution < 1.29 is 27.8 Å². The first-order chi connectivity index (χ1) is 11.5. The van der Waals surface area contributed by atoms with Crippen LogP contribution in [-0.2, 0) is 0 Å². The zero-order valence-corrected chi connectivity index (χ0v) is 15.3. The predicted octanol–water partition coefficient (Wildman–Crippen LogP) is 2.97. The van der Waals surface area contributed by atoms with Gasteiger partial charge in [-0.05, 0) is 18.6 Å². The van der Waals surface area contributed by atoms with E-state index in [-0.39, 0.29) is 47.2 Å². The summed E-state index contributed by atoms with van der Waals surface area (Å²) in [5.74, 6) is -0.676. The second-order valence-corrected chi connectivity index (χ2v) is 5.14. The van der Waals surface area contributed by atoms with Gasteiger partial charge in [0, 0.05) is 18.2 Å². The van der Waals surface area contributed by atoms with Crippen LogP contribution in [0.25, 0.3) is 0 Å². The molecule has 9 heteroatoms. The van der Waals surface area contributed by atoms with Gasteiger partial charge in [0.1, 0.15) is 0 Å². The Bertz CT molecular complexity index is 522. The lowest BCUT2D eigenvalue weighted by molar-refractivity contribution is -0.0526. The van der Waals surface area contributed by atoms with E-state index in [0.29, 0.717) is 6.54 Å². The number of rotatable bonds is 10. The molecule has 0 aromatic heterocycles. The minimum atomic E-state index is -3.04. The van der Waals surface area contributed by atoms with Gasteiger partial charge in [0.05, 0.1) is 14.2 Å². The van der Waals surface area contributed by atoms with Crippen LogP contribution in [0.15, 0.2) is 12.1 Å². The van der Waals surface area contributed by atoms with Gasteiger partial charge in [0.25, 0.3) is 5.91 Å². The number of amides is 1. The summed E-state index contributed by atoms with van der Waals surface area (Å²) < 4.78 is 39.5. The quantitative estimate of drug-likeness (QED) is 0.650. The highest BCUT2D eigenvalue weighted by molar-refractivity contribution is 5.95. The summed E-state index contributed by atoms with van der Waals surface area (Å²) in [4.78, 5) is 12.4. The molecule has 0 aliphatic carbocycles. The molecule has 1 amide bonds. The van der Waals surface area contributed by atoms with Crippen LogP contribution in [0.3, 0.4) is 0 Å². The molecule has 1 unspecified atom stereocenters. The molecule has 0 aliphatic heterocycles. The third-order valence-corrected chi connectivity index (χ3v) is 3.46. The highest BCUT2D eigenvalue weighted by Crippen LogP contribution is 2.39. The van der Waals surface area contributed by atoms with Gasteiger partial charge in [-0.1, -0.05) is 19.8 Å². The number of nitrogens with one attached hydrogen (secondary N) is 1. The SMILES string of the molecule is CCCCC(CN)NC(=O)c1cc(OC)c(OC(F)F)c(OC)c1.Cl. The largest absolute Gasteiger partial charge is 0.493 e. The summed E-state index contributed by atoms with van der Waals surface area (Å²) >= 11 is 0. The van der Waals surface area contributed by atoms with Crippen molar-refractivity contribution in [3.05, 3.63) is 17.7 Å². The number of hydrogen-bond donors (Lipinski definition) is 2. The summed E-state index contributed by atoms with van der Waals surface area (Å²) in [6.07, 6.45) is 2.70. The molecule has 1 atom stereocenters. The maximum atomic E-state index is 12.5. The molecule has 1 aromatic carbocycles. The molecule has 25 heavy (non-hydrogen) atoms. The van der Waals surface area contributed by atoms with Crippen LogP contribution < -0.4 is 25.3 Å². The summed E-state index contributed by atoms with van der Waals surface area (Å²) in [7, 11) is 2.58. The number of ether oxygens (including phenoxy) is 3. The van der Waals surface area contributed by atoms with E-state index < -0.39 is 6.61 Å². The van der Waals surface area contributed by atoms with E-state index in [1.807, 2.05) is 6.92 Å². The van der Waals surface area contributed by atoms with E-state index in [1.54, 1.807) is 0 Å². The van der Waals surface area contributed by atoms with Crippen molar-refractivity contribution in [2.75, 3.05) is 20.8 Å². The van der Waals surface area contributed by atoms with Crippen molar-refractivity contribution in [2.24, 2.45) is 5.73 Å². The van der Waals surface area contributed by atoms with Crippen LogP contribution in [0.2, 0.25) is 0 Å². The summed E-state index contributed by atoms with van der Waals surface area (Å²) in [6, 6.07) is 2.48. The fourth-order valence-electron chi connectivity index (χ4n) is 2.18. The summed E-state index contributed by atoms with van der Waals surface area (Å²) in [5.41, 5.74) is 5.87. The Labute approximate surface area is 152 Å². The first kappa shape index (κ1) is 23.2. The fourth-order valence-corrected chi connectivity index (χ4v) is 2.18. The fraction of sp³-hybridized carbons (Fsp3) is 0.562. The van der Waals surface area contributed by atoms with Gasteiger partial charge in [-0.25, -0.2) is 0 Å². The van der Waals surface area contributed by atoms with Crippen molar-refractivity contribution in [1.82, 2.24) is 5.32 Å². The molecule has 0 saturated heterocycles. The van der Waals surface area contributed by atoms with Crippen molar-refractivity contribution in [2.45, 2.75) is 38.8 Å². The lowest BCUT2D eigenvalue weighted by Crippen LogP contribution is -2.40. The van der Waals surface area contributed by atoms with Crippen LogP contribution in [-0.4, -0.2) is 39.3 Å². The molecule has 0 radical (unpaired) electrons. The third-order valence-electron chi connectivity index (χ3n) is 3.46. The van der Waals surface area contributed by atoms with E-state index in [0.717, 1.165) is 19.3 Å². The zero-order chi connectivity index (χ0) is 18.1. The van der Waals surface area contributed by atoms with E-state index >= 15 is 0 Å². The van der Waals surface area contributed by atoms with Crippen molar-refractivity contribution in [1.29, 1.82) is 0 Å². The molecule has 144 valence electrons. The maximum Gasteiger partial charge on any atom is 0.387 e. The average Bonchev–Trinajstić information content (AvgIpc) is 2.57. The smallest absolute Gasteiger partial charge is 0.387 e. The highest BCUT2D eigenvalue weighted by Gasteiger charge is 2.21. The van der Waals surface area contributed by atoms with Gasteiger partial charge < -0.3 is 25.3 Å².